The van der Waals surface area contributed by atoms with Crippen LogP contribution in [0.25, 0.3) is 0 Å². The molecule has 1 aliphatic heterocycles. The van der Waals surface area contributed by atoms with E-state index in [9.17, 15) is 4.79 Å². The van der Waals surface area contributed by atoms with Crippen molar-refractivity contribution < 1.29 is 14.3 Å². The molecule has 1 atom stereocenters. The van der Waals surface area contributed by atoms with E-state index in [0.29, 0.717) is 32.1 Å². The maximum atomic E-state index is 12.2. The van der Waals surface area contributed by atoms with Crippen molar-refractivity contribution in [3.05, 3.63) is 27.1 Å². The fraction of sp³-hybridized carbons (Fsp3) is 0.462. The minimum atomic E-state index is -0.504. The average Bonchev–Trinajstić information content (AvgIpc) is 2.42. The standard InChI is InChI=1S/C13H15Br2NO3/c1-9(13(17)16-4-6-18-7-5-16)19-12-3-2-10(14)8-11(12)15/h2-3,8-9H,4-7H2,1H3/t9-/m0/s1. The van der Waals surface area contributed by atoms with Gasteiger partial charge in [-0.1, -0.05) is 15.9 Å². The zero-order valence-corrected chi connectivity index (χ0v) is 13.7. The Morgan fingerprint density at radius 2 is 2.05 bits per heavy atom. The van der Waals surface area contributed by atoms with Gasteiger partial charge in [-0.25, -0.2) is 0 Å². The van der Waals surface area contributed by atoms with Crippen molar-refractivity contribution in [3.8, 4) is 5.75 Å². The Hall–Kier alpha value is -0.590. The van der Waals surface area contributed by atoms with Gasteiger partial charge >= 0.3 is 0 Å². The molecule has 1 amide bonds. The van der Waals surface area contributed by atoms with Crippen molar-refractivity contribution in [2.45, 2.75) is 13.0 Å². The maximum Gasteiger partial charge on any atom is 0.263 e. The highest BCUT2D eigenvalue weighted by Gasteiger charge is 2.24. The van der Waals surface area contributed by atoms with Gasteiger partial charge < -0.3 is 14.4 Å². The summed E-state index contributed by atoms with van der Waals surface area (Å²) < 4.78 is 12.7. The fourth-order valence-electron chi connectivity index (χ4n) is 1.85. The molecule has 104 valence electrons. The lowest BCUT2D eigenvalue weighted by atomic mass is 10.3. The van der Waals surface area contributed by atoms with E-state index >= 15 is 0 Å². The Labute approximate surface area is 129 Å². The summed E-state index contributed by atoms with van der Waals surface area (Å²) in [5, 5.41) is 0. The Morgan fingerprint density at radius 1 is 1.37 bits per heavy atom. The fourth-order valence-corrected chi connectivity index (χ4v) is 2.99. The van der Waals surface area contributed by atoms with Gasteiger partial charge in [-0.05, 0) is 41.1 Å². The first kappa shape index (κ1) is 14.8. The number of nitrogens with zero attached hydrogens (tertiary/aromatic N) is 1. The van der Waals surface area contributed by atoms with Crippen LogP contribution < -0.4 is 4.74 Å². The molecule has 1 heterocycles. The number of carbonyl (C=O) groups is 1. The summed E-state index contributed by atoms with van der Waals surface area (Å²) in [6.07, 6.45) is -0.504. The minimum absolute atomic E-state index is 0.00174. The number of morpholine rings is 1. The molecular weight excluding hydrogens is 378 g/mol. The lowest BCUT2D eigenvalue weighted by Crippen LogP contribution is -2.46. The van der Waals surface area contributed by atoms with E-state index in [1.54, 1.807) is 11.8 Å². The third kappa shape index (κ3) is 3.94. The van der Waals surface area contributed by atoms with Crippen LogP contribution in [0.3, 0.4) is 0 Å². The summed E-state index contributed by atoms with van der Waals surface area (Å²) in [4.78, 5) is 14.0. The van der Waals surface area contributed by atoms with Crippen molar-refractivity contribution in [1.29, 1.82) is 0 Å². The zero-order chi connectivity index (χ0) is 13.8. The first-order valence-corrected chi connectivity index (χ1v) is 7.65. The lowest BCUT2D eigenvalue weighted by Gasteiger charge is -2.29. The molecule has 0 saturated carbocycles. The topological polar surface area (TPSA) is 38.8 Å². The van der Waals surface area contributed by atoms with Crippen LogP contribution in [0, 0.1) is 0 Å². The second-order valence-electron chi connectivity index (χ2n) is 4.27. The highest BCUT2D eigenvalue weighted by Crippen LogP contribution is 2.29. The molecule has 6 heteroatoms. The van der Waals surface area contributed by atoms with E-state index in [1.165, 1.54) is 0 Å². The molecule has 1 saturated heterocycles. The van der Waals surface area contributed by atoms with E-state index in [-0.39, 0.29) is 5.91 Å². The van der Waals surface area contributed by atoms with Gasteiger partial charge in [0.05, 0.1) is 17.7 Å². The lowest BCUT2D eigenvalue weighted by molar-refractivity contribution is -0.142. The highest BCUT2D eigenvalue weighted by molar-refractivity contribution is 9.11. The van der Waals surface area contributed by atoms with Crippen molar-refractivity contribution in [2.24, 2.45) is 0 Å². The van der Waals surface area contributed by atoms with Crippen molar-refractivity contribution >= 4 is 37.8 Å². The van der Waals surface area contributed by atoms with Gasteiger partial charge in [0.25, 0.3) is 5.91 Å². The largest absolute Gasteiger partial charge is 0.480 e. The average molecular weight is 393 g/mol. The molecule has 1 aromatic carbocycles. The second kappa shape index (κ2) is 6.72. The van der Waals surface area contributed by atoms with Gasteiger partial charge in [0.1, 0.15) is 5.75 Å². The van der Waals surface area contributed by atoms with Crippen LogP contribution in [0.2, 0.25) is 0 Å². The molecule has 0 aliphatic carbocycles. The maximum absolute atomic E-state index is 12.2. The summed E-state index contributed by atoms with van der Waals surface area (Å²) >= 11 is 6.80. The normalized spacial score (nSPS) is 17.1. The number of ether oxygens (including phenoxy) is 2. The molecule has 1 aliphatic rings. The van der Waals surface area contributed by atoms with Crippen molar-refractivity contribution in [1.82, 2.24) is 4.90 Å². The quantitative estimate of drug-likeness (QED) is 0.793. The van der Waals surface area contributed by atoms with Gasteiger partial charge in [-0.2, -0.15) is 0 Å². The highest BCUT2D eigenvalue weighted by atomic mass is 79.9. The molecular formula is C13H15Br2NO3. The third-order valence-electron chi connectivity index (χ3n) is 2.87. The number of carbonyl (C=O) groups excluding carboxylic acids is 1. The summed E-state index contributed by atoms with van der Waals surface area (Å²) in [5.41, 5.74) is 0. The number of amides is 1. The van der Waals surface area contributed by atoms with E-state index in [2.05, 4.69) is 31.9 Å². The first-order chi connectivity index (χ1) is 9.08. The minimum Gasteiger partial charge on any atom is -0.480 e. The molecule has 0 bridgehead atoms. The van der Waals surface area contributed by atoms with Gasteiger partial charge in [-0.3, -0.25) is 4.79 Å². The molecule has 0 aromatic heterocycles. The molecule has 4 nitrogen and oxygen atoms in total. The number of halogens is 2. The molecule has 19 heavy (non-hydrogen) atoms. The summed E-state index contributed by atoms with van der Waals surface area (Å²) in [6, 6.07) is 5.60. The monoisotopic (exact) mass is 391 g/mol. The Balaban J connectivity index is 1.99. The Bertz CT molecular complexity index is 461. The summed E-state index contributed by atoms with van der Waals surface area (Å²) in [5.74, 6) is 0.662. The van der Waals surface area contributed by atoms with Gasteiger partial charge in [0.2, 0.25) is 0 Å². The molecule has 1 fully saturated rings. The van der Waals surface area contributed by atoms with E-state index in [4.69, 9.17) is 9.47 Å². The third-order valence-corrected chi connectivity index (χ3v) is 3.98. The van der Waals surface area contributed by atoms with Gasteiger partial charge in [-0.15, -0.1) is 0 Å². The van der Waals surface area contributed by atoms with Gasteiger partial charge in [0.15, 0.2) is 6.10 Å². The SMILES string of the molecule is C[C@H](Oc1ccc(Br)cc1Br)C(=O)N1CCOCC1. The van der Waals surface area contributed by atoms with Crippen LogP contribution in [0.15, 0.2) is 27.1 Å². The van der Waals surface area contributed by atoms with Gasteiger partial charge in [0, 0.05) is 17.6 Å². The number of hydrogen-bond donors (Lipinski definition) is 0. The first-order valence-electron chi connectivity index (χ1n) is 6.06. The van der Waals surface area contributed by atoms with E-state index in [1.807, 2.05) is 18.2 Å². The van der Waals surface area contributed by atoms with Crippen molar-refractivity contribution in [2.75, 3.05) is 26.3 Å². The molecule has 2 rings (SSSR count). The molecule has 0 spiro atoms. The van der Waals surface area contributed by atoms with Crippen LogP contribution in [0.5, 0.6) is 5.75 Å². The Kier molecular flexibility index (Phi) is 5.24. The van der Waals surface area contributed by atoms with Crippen molar-refractivity contribution in [3.63, 3.8) is 0 Å². The molecule has 0 N–H and O–H groups in total. The number of hydrogen-bond acceptors (Lipinski definition) is 3. The number of benzene rings is 1. The van der Waals surface area contributed by atoms with Crippen LogP contribution in [0.4, 0.5) is 0 Å². The molecule has 0 unspecified atom stereocenters. The molecule has 0 radical (unpaired) electrons. The van der Waals surface area contributed by atoms with E-state index < -0.39 is 6.10 Å². The van der Waals surface area contributed by atoms with E-state index in [0.717, 1.165) is 8.95 Å². The predicted molar refractivity (Wildman–Crippen MR) is 79.3 cm³/mol. The second-order valence-corrected chi connectivity index (χ2v) is 6.04. The van der Waals surface area contributed by atoms with Crippen LogP contribution in [-0.2, 0) is 9.53 Å². The number of rotatable bonds is 3. The molecule has 1 aromatic rings. The Morgan fingerprint density at radius 3 is 2.68 bits per heavy atom. The van der Waals surface area contributed by atoms with Crippen LogP contribution >= 0.6 is 31.9 Å². The predicted octanol–water partition coefficient (Wildman–Crippen LogP) is 2.84. The zero-order valence-electron chi connectivity index (χ0n) is 10.6. The van der Waals surface area contributed by atoms with Crippen LogP contribution in [-0.4, -0.2) is 43.2 Å². The smallest absolute Gasteiger partial charge is 0.263 e. The summed E-state index contributed by atoms with van der Waals surface area (Å²) in [6.45, 7) is 4.23. The summed E-state index contributed by atoms with van der Waals surface area (Å²) in [7, 11) is 0. The van der Waals surface area contributed by atoms with Crippen LogP contribution in [0.1, 0.15) is 6.92 Å².